The van der Waals surface area contributed by atoms with Crippen LogP contribution < -0.4 is 10.0 Å². The van der Waals surface area contributed by atoms with Gasteiger partial charge in [-0.2, -0.15) is 4.98 Å². The molecule has 0 amide bonds. The Hall–Kier alpha value is -1.29. The Morgan fingerprint density at radius 1 is 1.38 bits per heavy atom. The fraction of sp³-hybridized carbons (Fsp3) is 0.333. The minimum Gasteiger partial charge on any atom is -0.343 e. The van der Waals surface area contributed by atoms with Crippen molar-refractivity contribution in [2.24, 2.45) is 0 Å². The van der Waals surface area contributed by atoms with Gasteiger partial charge in [0.05, 0.1) is 4.90 Å². The van der Waals surface area contributed by atoms with Gasteiger partial charge in [0.2, 0.25) is 16.4 Å². The second kappa shape index (κ2) is 7.12. The standard InChI is InChI=1S/C12H15BrN4O3S/c1-14-7-9-2-3-11(10(13)6-9)21(18,19)16-5-4-12-15-8-20-17-12/h2-3,6,8,14,16H,4-5,7H2,1H3. The lowest BCUT2D eigenvalue weighted by Gasteiger charge is -2.09. The Balaban J connectivity index is 2.04. The maximum absolute atomic E-state index is 12.2. The van der Waals surface area contributed by atoms with Crippen molar-refractivity contribution in [1.29, 1.82) is 0 Å². The molecule has 2 N–H and O–H groups in total. The molecule has 0 saturated carbocycles. The summed E-state index contributed by atoms with van der Waals surface area (Å²) in [6.07, 6.45) is 1.58. The normalized spacial score (nSPS) is 11.7. The first-order valence-corrected chi connectivity index (χ1v) is 8.48. The van der Waals surface area contributed by atoms with Gasteiger partial charge in [0, 0.05) is 24.0 Å². The quantitative estimate of drug-likeness (QED) is 0.752. The molecule has 2 rings (SSSR count). The number of rotatable bonds is 7. The van der Waals surface area contributed by atoms with Crippen LogP contribution in [0.3, 0.4) is 0 Å². The highest BCUT2D eigenvalue weighted by molar-refractivity contribution is 9.10. The highest BCUT2D eigenvalue weighted by Gasteiger charge is 2.17. The lowest BCUT2D eigenvalue weighted by Crippen LogP contribution is -2.26. The van der Waals surface area contributed by atoms with Gasteiger partial charge in [-0.3, -0.25) is 0 Å². The zero-order valence-electron chi connectivity index (χ0n) is 11.3. The van der Waals surface area contributed by atoms with Crippen molar-refractivity contribution >= 4 is 26.0 Å². The van der Waals surface area contributed by atoms with E-state index in [4.69, 9.17) is 0 Å². The van der Waals surface area contributed by atoms with E-state index < -0.39 is 10.0 Å². The minimum atomic E-state index is -3.58. The van der Waals surface area contributed by atoms with E-state index in [-0.39, 0.29) is 11.4 Å². The largest absolute Gasteiger partial charge is 0.343 e. The van der Waals surface area contributed by atoms with Gasteiger partial charge in [-0.15, -0.1) is 0 Å². The number of hydrogen-bond donors (Lipinski definition) is 2. The van der Waals surface area contributed by atoms with Gasteiger partial charge in [0.1, 0.15) is 0 Å². The van der Waals surface area contributed by atoms with Gasteiger partial charge in [0.15, 0.2) is 5.82 Å². The van der Waals surface area contributed by atoms with E-state index >= 15 is 0 Å². The van der Waals surface area contributed by atoms with E-state index in [0.29, 0.717) is 23.3 Å². The Morgan fingerprint density at radius 2 is 2.19 bits per heavy atom. The van der Waals surface area contributed by atoms with Crippen LogP contribution in [0.5, 0.6) is 0 Å². The number of nitrogens with one attached hydrogen (secondary N) is 2. The van der Waals surface area contributed by atoms with Crippen LogP contribution in [0.25, 0.3) is 0 Å². The Labute approximate surface area is 131 Å². The summed E-state index contributed by atoms with van der Waals surface area (Å²) in [6, 6.07) is 5.13. The molecule has 2 aromatic rings. The number of benzene rings is 1. The SMILES string of the molecule is CNCc1ccc(S(=O)(=O)NCCc2ncon2)c(Br)c1. The second-order valence-corrected chi connectivity index (χ2v) is 6.88. The van der Waals surface area contributed by atoms with Gasteiger partial charge in [-0.05, 0) is 40.7 Å². The molecule has 0 radical (unpaired) electrons. The molecule has 9 heteroatoms. The van der Waals surface area contributed by atoms with E-state index in [1.807, 2.05) is 7.05 Å². The van der Waals surface area contributed by atoms with E-state index in [2.05, 4.69) is 40.6 Å². The maximum Gasteiger partial charge on any atom is 0.241 e. The topological polar surface area (TPSA) is 97.1 Å². The summed E-state index contributed by atoms with van der Waals surface area (Å²) in [5.74, 6) is 0.459. The number of nitrogens with zero attached hydrogens (tertiary/aromatic N) is 2. The van der Waals surface area contributed by atoms with E-state index in [9.17, 15) is 8.42 Å². The van der Waals surface area contributed by atoms with Crippen molar-refractivity contribution in [2.75, 3.05) is 13.6 Å². The third-order valence-corrected chi connectivity index (χ3v) is 5.15. The molecule has 0 bridgehead atoms. The molecule has 0 aliphatic carbocycles. The van der Waals surface area contributed by atoms with Crippen LogP contribution in [-0.2, 0) is 23.0 Å². The molecule has 0 saturated heterocycles. The van der Waals surface area contributed by atoms with Crippen molar-refractivity contribution < 1.29 is 12.9 Å². The Bertz CT molecular complexity index is 689. The predicted molar refractivity (Wildman–Crippen MR) is 80.1 cm³/mol. The number of hydrogen-bond acceptors (Lipinski definition) is 6. The van der Waals surface area contributed by atoms with Crippen LogP contribution in [-0.4, -0.2) is 32.2 Å². The lowest BCUT2D eigenvalue weighted by molar-refractivity contribution is 0.410. The molecule has 0 aliphatic rings. The summed E-state index contributed by atoms with van der Waals surface area (Å²) in [5, 5.41) is 6.63. The first kappa shape index (κ1) is 16.1. The molecule has 0 aliphatic heterocycles. The molecule has 1 aromatic carbocycles. The molecule has 0 unspecified atom stereocenters. The van der Waals surface area contributed by atoms with Crippen LogP contribution in [0.4, 0.5) is 0 Å². The molecule has 1 aromatic heterocycles. The smallest absolute Gasteiger partial charge is 0.241 e. The first-order chi connectivity index (χ1) is 10.0. The third-order valence-electron chi connectivity index (χ3n) is 2.71. The van der Waals surface area contributed by atoms with Gasteiger partial charge in [-0.1, -0.05) is 11.2 Å². The number of aromatic nitrogens is 2. The highest BCUT2D eigenvalue weighted by Crippen LogP contribution is 2.23. The van der Waals surface area contributed by atoms with Crippen LogP contribution in [0.2, 0.25) is 0 Å². The van der Waals surface area contributed by atoms with Crippen LogP contribution in [0.15, 0.2) is 38.5 Å². The molecule has 0 fully saturated rings. The molecule has 0 spiro atoms. The third kappa shape index (κ3) is 4.34. The van der Waals surface area contributed by atoms with E-state index in [0.717, 1.165) is 5.56 Å². The van der Waals surface area contributed by atoms with Crippen molar-refractivity contribution in [3.63, 3.8) is 0 Å². The molecule has 0 atom stereocenters. The van der Waals surface area contributed by atoms with E-state index in [1.165, 1.54) is 6.39 Å². The zero-order chi connectivity index (χ0) is 15.3. The first-order valence-electron chi connectivity index (χ1n) is 6.21. The van der Waals surface area contributed by atoms with Crippen LogP contribution >= 0.6 is 15.9 Å². The Morgan fingerprint density at radius 3 is 2.81 bits per heavy atom. The summed E-state index contributed by atoms with van der Waals surface area (Å²) in [5.41, 5.74) is 0.995. The fourth-order valence-electron chi connectivity index (χ4n) is 1.75. The van der Waals surface area contributed by atoms with Gasteiger partial charge >= 0.3 is 0 Å². The van der Waals surface area contributed by atoms with Crippen molar-refractivity contribution in [2.45, 2.75) is 17.9 Å². The zero-order valence-corrected chi connectivity index (χ0v) is 13.7. The molecule has 21 heavy (non-hydrogen) atoms. The molecular weight excluding hydrogens is 360 g/mol. The average molecular weight is 375 g/mol. The number of halogens is 1. The highest BCUT2D eigenvalue weighted by atomic mass is 79.9. The predicted octanol–water partition coefficient (Wildman–Crippen LogP) is 1.07. The van der Waals surface area contributed by atoms with Gasteiger partial charge in [0.25, 0.3) is 0 Å². The summed E-state index contributed by atoms with van der Waals surface area (Å²) in [4.78, 5) is 4.03. The lowest BCUT2D eigenvalue weighted by atomic mass is 10.2. The van der Waals surface area contributed by atoms with Crippen LogP contribution in [0.1, 0.15) is 11.4 Å². The molecule has 114 valence electrons. The molecular formula is C12H15BrN4O3S. The maximum atomic E-state index is 12.2. The fourth-order valence-corrected chi connectivity index (χ4v) is 3.91. The average Bonchev–Trinajstić information content (AvgIpc) is 2.92. The Kier molecular flexibility index (Phi) is 5.45. The molecule has 1 heterocycles. The summed E-state index contributed by atoms with van der Waals surface area (Å²) in [6.45, 7) is 0.872. The molecule has 7 nitrogen and oxygen atoms in total. The minimum absolute atomic E-state index is 0.201. The van der Waals surface area contributed by atoms with Crippen molar-refractivity contribution in [1.82, 2.24) is 20.2 Å². The second-order valence-electron chi connectivity index (χ2n) is 4.29. The summed E-state index contributed by atoms with van der Waals surface area (Å²) >= 11 is 3.30. The summed E-state index contributed by atoms with van der Waals surface area (Å²) < 4.78 is 32.1. The summed E-state index contributed by atoms with van der Waals surface area (Å²) in [7, 11) is -1.75. The van der Waals surface area contributed by atoms with Gasteiger partial charge in [-0.25, -0.2) is 13.1 Å². The van der Waals surface area contributed by atoms with Crippen molar-refractivity contribution in [3.05, 3.63) is 40.5 Å². The number of sulfonamides is 1. The monoisotopic (exact) mass is 374 g/mol. The van der Waals surface area contributed by atoms with E-state index in [1.54, 1.807) is 18.2 Å². The van der Waals surface area contributed by atoms with Crippen molar-refractivity contribution in [3.8, 4) is 0 Å². The van der Waals surface area contributed by atoms with Crippen LogP contribution in [0, 0.1) is 0 Å². The van der Waals surface area contributed by atoms with Gasteiger partial charge < -0.3 is 9.84 Å².